The Hall–Kier alpha value is 0.320. The minimum absolute atomic E-state index is 0.00991. The first-order valence-corrected chi connectivity index (χ1v) is 6.19. The van der Waals surface area contributed by atoms with E-state index in [1.54, 1.807) is 7.11 Å². The minimum Gasteiger partial charge on any atom is -0.394 e. The van der Waals surface area contributed by atoms with Crippen molar-refractivity contribution in [3.8, 4) is 0 Å². The smallest absolute Gasteiger partial charge is 0.0901 e. The Morgan fingerprint density at radius 1 is 1.13 bits per heavy atom. The van der Waals surface area contributed by atoms with Crippen molar-refractivity contribution < 1.29 is 19.3 Å². The van der Waals surface area contributed by atoms with Crippen LogP contribution in [0.1, 0.15) is 13.8 Å². The van der Waals surface area contributed by atoms with Crippen molar-refractivity contribution >= 4 is 15.9 Å². The van der Waals surface area contributed by atoms with Gasteiger partial charge in [0.1, 0.15) is 0 Å². The molecule has 0 heterocycles. The lowest BCUT2D eigenvalue weighted by atomic mass is 10.4. The second-order valence-corrected chi connectivity index (χ2v) is 4.13. The summed E-state index contributed by atoms with van der Waals surface area (Å²) in [5.74, 6) is 0. The Balaban J connectivity index is 3.51. The highest BCUT2D eigenvalue weighted by atomic mass is 79.9. The quantitative estimate of drug-likeness (QED) is 0.647. The fourth-order valence-electron chi connectivity index (χ4n) is 0.848. The van der Waals surface area contributed by atoms with Crippen LogP contribution in [-0.2, 0) is 14.2 Å². The lowest BCUT2D eigenvalue weighted by Gasteiger charge is -2.19. The molecule has 92 valence electrons. The van der Waals surface area contributed by atoms with E-state index in [2.05, 4.69) is 15.9 Å². The Morgan fingerprint density at radius 3 is 2.20 bits per heavy atom. The van der Waals surface area contributed by atoms with Crippen LogP contribution in [0, 0.1) is 0 Å². The molecule has 4 nitrogen and oxygen atoms in total. The third-order valence-corrected chi connectivity index (χ3v) is 2.67. The van der Waals surface area contributed by atoms with Gasteiger partial charge in [-0.05, 0) is 13.8 Å². The van der Waals surface area contributed by atoms with Gasteiger partial charge in [0.15, 0.2) is 0 Å². The minimum atomic E-state index is -0.134. The first-order chi connectivity index (χ1) is 7.13. The molecule has 0 amide bonds. The van der Waals surface area contributed by atoms with Gasteiger partial charge < -0.3 is 19.3 Å². The molecule has 0 aliphatic heterocycles. The average Bonchev–Trinajstić information content (AvgIpc) is 2.27. The van der Waals surface area contributed by atoms with Gasteiger partial charge in [0.25, 0.3) is 0 Å². The highest BCUT2D eigenvalue weighted by Crippen LogP contribution is 2.01. The van der Waals surface area contributed by atoms with Gasteiger partial charge >= 0.3 is 0 Å². The SMILES string of the molecule is COC(CBr)COC(C)COC(C)CO. The van der Waals surface area contributed by atoms with Gasteiger partial charge in [-0.1, -0.05) is 15.9 Å². The molecule has 0 aromatic rings. The number of aliphatic hydroxyl groups excluding tert-OH is 1. The molecule has 0 spiro atoms. The standard InChI is InChI=1S/C10H21BrO4/c1-8(5-12)14-6-9(2)15-7-10(4-11)13-3/h8-10,12H,4-7H2,1-3H3. The van der Waals surface area contributed by atoms with E-state index in [9.17, 15) is 0 Å². The van der Waals surface area contributed by atoms with Crippen molar-refractivity contribution in [3.63, 3.8) is 0 Å². The summed E-state index contributed by atoms with van der Waals surface area (Å²) in [5, 5.41) is 9.50. The van der Waals surface area contributed by atoms with E-state index in [4.69, 9.17) is 19.3 Å². The molecule has 5 heteroatoms. The maximum atomic E-state index is 8.75. The second kappa shape index (κ2) is 9.54. The highest BCUT2D eigenvalue weighted by molar-refractivity contribution is 9.09. The molecule has 0 aliphatic rings. The van der Waals surface area contributed by atoms with Crippen LogP contribution >= 0.6 is 15.9 Å². The van der Waals surface area contributed by atoms with Crippen molar-refractivity contribution in [2.75, 3.05) is 32.3 Å². The number of halogens is 1. The van der Waals surface area contributed by atoms with Crippen LogP contribution in [0.3, 0.4) is 0 Å². The molecule has 3 atom stereocenters. The number of hydrogen-bond acceptors (Lipinski definition) is 4. The first-order valence-electron chi connectivity index (χ1n) is 5.06. The normalized spacial score (nSPS) is 17.4. The number of aliphatic hydroxyl groups is 1. The van der Waals surface area contributed by atoms with Crippen LogP contribution < -0.4 is 0 Å². The van der Waals surface area contributed by atoms with Crippen LogP contribution in [0.2, 0.25) is 0 Å². The highest BCUT2D eigenvalue weighted by Gasteiger charge is 2.10. The van der Waals surface area contributed by atoms with Gasteiger partial charge in [-0.15, -0.1) is 0 Å². The van der Waals surface area contributed by atoms with Gasteiger partial charge in [0.2, 0.25) is 0 Å². The van der Waals surface area contributed by atoms with E-state index in [1.165, 1.54) is 0 Å². The van der Waals surface area contributed by atoms with Crippen LogP contribution in [0.25, 0.3) is 0 Å². The van der Waals surface area contributed by atoms with Crippen LogP contribution in [0.15, 0.2) is 0 Å². The number of ether oxygens (including phenoxy) is 3. The van der Waals surface area contributed by atoms with E-state index in [0.717, 1.165) is 5.33 Å². The third kappa shape index (κ3) is 8.16. The molecule has 0 bridgehead atoms. The maximum absolute atomic E-state index is 8.75. The van der Waals surface area contributed by atoms with Gasteiger partial charge in [-0.25, -0.2) is 0 Å². The molecule has 0 aromatic carbocycles. The second-order valence-electron chi connectivity index (χ2n) is 3.48. The molecule has 0 radical (unpaired) electrons. The molecule has 0 fully saturated rings. The monoisotopic (exact) mass is 284 g/mol. The Labute approximate surface area is 100 Å². The summed E-state index contributed by atoms with van der Waals surface area (Å²) in [6.45, 7) is 4.82. The molecule has 1 N–H and O–H groups in total. The molecular weight excluding hydrogens is 264 g/mol. The predicted molar refractivity (Wildman–Crippen MR) is 62.5 cm³/mol. The summed E-state index contributed by atoms with van der Waals surface area (Å²) in [6.07, 6.45) is -0.0520. The molecule has 0 rings (SSSR count). The fourth-order valence-corrected chi connectivity index (χ4v) is 1.30. The zero-order valence-corrected chi connectivity index (χ0v) is 11.2. The van der Waals surface area contributed by atoms with Crippen LogP contribution in [0.5, 0.6) is 0 Å². The van der Waals surface area contributed by atoms with Gasteiger partial charge in [-0.2, -0.15) is 0 Å². The largest absolute Gasteiger partial charge is 0.394 e. The molecule has 0 aliphatic carbocycles. The molecular formula is C10H21BrO4. The lowest BCUT2D eigenvalue weighted by Crippen LogP contribution is -2.27. The summed E-state index contributed by atoms with van der Waals surface area (Å²) in [6, 6.07) is 0. The number of rotatable bonds is 9. The van der Waals surface area contributed by atoms with E-state index in [0.29, 0.717) is 13.2 Å². The third-order valence-electron chi connectivity index (χ3n) is 1.94. The summed E-state index contributed by atoms with van der Waals surface area (Å²) >= 11 is 3.33. The van der Waals surface area contributed by atoms with E-state index >= 15 is 0 Å². The predicted octanol–water partition coefficient (Wildman–Crippen LogP) is 1.20. The van der Waals surface area contributed by atoms with Crippen molar-refractivity contribution in [1.29, 1.82) is 0 Å². The zero-order chi connectivity index (χ0) is 11.7. The Kier molecular flexibility index (Phi) is 9.74. The first kappa shape index (κ1) is 15.3. The van der Waals surface area contributed by atoms with Gasteiger partial charge in [0.05, 0.1) is 38.1 Å². The summed E-state index contributed by atoms with van der Waals surface area (Å²) in [4.78, 5) is 0. The molecule has 0 saturated carbocycles. The van der Waals surface area contributed by atoms with Crippen LogP contribution in [-0.4, -0.2) is 55.7 Å². The zero-order valence-electron chi connectivity index (χ0n) is 9.61. The van der Waals surface area contributed by atoms with E-state index < -0.39 is 0 Å². The molecule has 0 saturated heterocycles. The van der Waals surface area contributed by atoms with Gasteiger partial charge in [-0.3, -0.25) is 0 Å². The summed E-state index contributed by atoms with van der Waals surface area (Å²) < 4.78 is 16.0. The van der Waals surface area contributed by atoms with E-state index in [1.807, 2.05) is 13.8 Å². The Bertz CT molecular complexity index is 141. The van der Waals surface area contributed by atoms with Gasteiger partial charge in [0, 0.05) is 12.4 Å². The number of methoxy groups -OCH3 is 1. The van der Waals surface area contributed by atoms with Crippen LogP contribution in [0.4, 0.5) is 0 Å². The maximum Gasteiger partial charge on any atom is 0.0901 e. The van der Waals surface area contributed by atoms with Crippen molar-refractivity contribution in [1.82, 2.24) is 0 Å². The average molecular weight is 285 g/mol. The fraction of sp³-hybridized carbons (Fsp3) is 1.00. The number of hydrogen-bond donors (Lipinski definition) is 1. The molecule has 15 heavy (non-hydrogen) atoms. The Morgan fingerprint density at radius 2 is 1.73 bits per heavy atom. The van der Waals surface area contributed by atoms with Crippen molar-refractivity contribution in [3.05, 3.63) is 0 Å². The van der Waals surface area contributed by atoms with Crippen molar-refractivity contribution in [2.24, 2.45) is 0 Å². The lowest BCUT2D eigenvalue weighted by molar-refractivity contribution is -0.0668. The number of alkyl halides is 1. The summed E-state index contributed by atoms with van der Waals surface area (Å²) in [5.41, 5.74) is 0. The molecule has 3 unspecified atom stereocenters. The summed E-state index contributed by atoms with van der Waals surface area (Å²) in [7, 11) is 1.66. The molecule has 0 aromatic heterocycles. The van der Waals surface area contributed by atoms with Crippen molar-refractivity contribution in [2.45, 2.75) is 32.2 Å². The van der Waals surface area contributed by atoms with E-state index in [-0.39, 0.29) is 24.9 Å². The topological polar surface area (TPSA) is 47.9 Å².